The van der Waals surface area contributed by atoms with Crippen LogP contribution >= 0.6 is 47.0 Å². The number of aromatic nitrogens is 4. The number of imidazole rings is 1. The number of fused-ring (bicyclic) bond motifs is 1. The van der Waals surface area contributed by atoms with Crippen LogP contribution in [0.5, 0.6) is 0 Å². The van der Waals surface area contributed by atoms with Crippen LogP contribution < -0.4 is 16.4 Å². The van der Waals surface area contributed by atoms with Crippen molar-refractivity contribution in [2.45, 2.75) is 50.9 Å². The van der Waals surface area contributed by atoms with Crippen LogP contribution in [-0.2, 0) is 50.7 Å². The lowest BCUT2D eigenvalue weighted by atomic mass is 9.87. The summed E-state index contributed by atoms with van der Waals surface area (Å²) in [7, 11) is -16.4. The molecule has 1 aliphatic heterocycles. The molecular formula is C24H40N7O17P3S2. The van der Waals surface area contributed by atoms with E-state index in [0.29, 0.717) is 11.5 Å². The number of nitrogens with zero attached hydrogens (tertiary/aromatic N) is 4. The Labute approximate surface area is 309 Å². The lowest BCUT2D eigenvalue weighted by Gasteiger charge is -2.30. The molecule has 2 aromatic heterocycles. The van der Waals surface area contributed by atoms with Crippen LogP contribution in [0.4, 0.5) is 5.82 Å². The number of ether oxygens (including phenoxy) is 1. The van der Waals surface area contributed by atoms with Gasteiger partial charge in [-0.2, -0.15) is 16.1 Å². The van der Waals surface area contributed by atoms with Crippen LogP contribution in [0.2, 0.25) is 0 Å². The third-order valence-corrected chi connectivity index (χ3v) is 11.7. The average Bonchev–Trinajstić information content (AvgIpc) is 3.61. The van der Waals surface area contributed by atoms with Gasteiger partial charge in [-0.1, -0.05) is 25.6 Å². The van der Waals surface area contributed by atoms with Gasteiger partial charge in [0.1, 0.15) is 36.3 Å². The fourth-order valence-electron chi connectivity index (χ4n) is 4.45. The number of amides is 2. The SMILES string of the molecule is CSCC(=O)SCCNC(=O)CCNC(=O)[C@H](O)C(C)(C)COP(=O)(O)OP(=O)(O)OC[C@H]1O[C@@H](n2cnc3c(N)ncnc32)[C@H](O)[C@@H]1OP(=O)(O)O. The molecule has 1 fully saturated rings. The lowest BCUT2D eigenvalue weighted by Crippen LogP contribution is -2.46. The van der Waals surface area contributed by atoms with Crippen LogP contribution in [-0.4, -0.2) is 135 Å². The van der Waals surface area contributed by atoms with Crippen molar-refractivity contribution in [1.29, 1.82) is 0 Å². The summed E-state index contributed by atoms with van der Waals surface area (Å²) < 4.78 is 61.9. The maximum Gasteiger partial charge on any atom is 0.481 e. The van der Waals surface area contributed by atoms with E-state index in [4.69, 9.17) is 19.5 Å². The maximum atomic E-state index is 12.6. The molecule has 0 spiro atoms. The summed E-state index contributed by atoms with van der Waals surface area (Å²) in [6, 6.07) is 0. The number of hydrogen-bond acceptors (Lipinski definition) is 19. The maximum absolute atomic E-state index is 12.6. The highest BCUT2D eigenvalue weighted by atomic mass is 32.2. The fraction of sp³-hybridized carbons (Fsp3) is 0.667. The molecule has 24 nitrogen and oxygen atoms in total. The molecule has 2 amide bonds. The molecule has 53 heavy (non-hydrogen) atoms. The van der Waals surface area contributed by atoms with Gasteiger partial charge in [0.15, 0.2) is 22.8 Å². The standard InChI is InChI=1S/C24H40N7O17P3S2/c1-24(2,19(35)22(36)27-5-4-14(32)26-6-7-53-15(33)9-52-3)10-45-51(42,43)48-50(40,41)44-8-13-18(47-49(37,38)39)17(34)23(46-13)31-12-30-16-20(25)28-11-29-21(16)31/h11-13,17-19,23,34-35H,4-10H2,1-3H3,(H,26,32)(H,27,36)(H,40,41)(H,42,43)(H2,25,28,29)(H2,37,38,39)/t13-,17-,18-,19+,23-/m1/s1. The third-order valence-electron chi connectivity index (χ3n) is 7.03. The Balaban J connectivity index is 1.52. The summed E-state index contributed by atoms with van der Waals surface area (Å²) in [5.41, 5.74) is 4.26. The minimum Gasteiger partial charge on any atom is -0.386 e. The van der Waals surface area contributed by atoms with Gasteiger partial charge in [0.2, 0.25) is 11.8 Å². The first kappa shape index (κ1) is 45.3. The van der Waals surface area contributed by atoms with Gasteiger partial charge in [-0.15, -0.1) is 0 Å². The summed E-state index contributed by atoms with van der Waals surface area (Å²) in [5.74, 6) is -0.729. The van der Waals surface area contributed by atoms with Crippen molar-refractivity contribution in [3.05, 3.63) is 12.7 Å². The van der Waals surface area contributed by atoms with Gasteiger partial charge in [0, 0.05) is 30.7 Å². The number of carbonyl (C=O) groups is 3. The topological polar surface area (TPSA) is 364 Å². The van der Waals surface area contributed by atoms with Gasteiger partial charge in [0.25, 0.3) is 0 Å². The van der Waals surface area contributed by atoms with Crippen molar-refractivity contribution in [3.63, 3.8) is 0 Å². The third kappa shape index (κ3) is 13.9. The second kappa shape index (κ2) is 19.2. The molecule has 0 aromatic carbocycles. The van der Waals surface area contributed by atoms with Crippen molar-refractivity contribution in [1.82, 2.24) is 30.2 Å². The number of anilines is 1. The van der Waals surface area contributed by atoms with E-state index in [9.17, 15) is 57.9 Å². The van der Waals surface area contributed by atoms with Gasteiger partial charge in [-0.3, -0.25) is 32.5 Å². The van der Waals surface area contributed by atoms with E-state index >= 15 is 0 Å². The zero-order valence-corrected chi connectivity index (χ0v) is 32.5. The number of phosphoric acid groups is 3. The smallest absolute Gasteiger partial charge is 0.386 e. The zero-order chi connectivity index (χ0) is 39.8. The molecule has 1 aliphatic rings. The van der Waals surface area contributed by atoms with E-state index in [2.05, 4.69) is 34.4 Å². The van der Waals surface area contributed by atoms with E-state index in [1.54, 1.807) is 6.26 Å². The molecule has 3 rings (SSSR count). The van der Waals surface area contributed by atoms with Crippen LogP contribution in [0.15, 0.2) is 12.7 Å². The first-order valence-corrected chi connectivity index (χ1v) is 22.0. The second-order valence-electron chi connectivity index (χ2n) is 11.7. The Bertz CT molecular complexity index is 1750. The number of rotatable bonds is 21. The molecule has 2 aromatic rings. The number of nitrogen functional groups attached to an aromatic ring is 1. The number of carbonyl (C=O) groups excluding carboxylic acids is 3. The van der Waals surface area contributed by atoms with E-state index in [-0.39, 0.29) is 41.6 Å². The van der Waals surface area contributed by atoms with Gasteiger partial charge in [0.05, 0.1) is 25.3 Å². The van der Waals surface area contributed by atoms with Gasteiger partial charge in [-0.25, -0.2) is 28.6 Å². The largest absolute Gasteiger partial charge is 0.481 e. The molecule has 0 saturated carbocycles. The van der Waals surface area contributed by atoms with Crippen LogP contribution in [0.1, 0.15) is 26.5 Å². The molecular weight excluding hydrogens is 815 g/mol. The molecule has 0 radical (unpaired) electrons. The molecule has 1 saturated heterocycles. The molecule has 0 bridgehead atoms. The Hall–Kier alpha value is -2.09. The highest BCUT2D eigenvalue weighted by Gasteiger charge is 2.50. The minimum absolute atomic E-state index is 0.0244. The zero-order valence-electron chi connectivity index (χ0n) is 28.2. The summed E-state index contributed by atoms with van der Waals surface area (Å²) in [4.78, 5) is 86.8. The lowest BCUT2D eigenvalue weighted by molar-refractivity contribution is -0.137. The van der Waals surface area contributed by atoms with Crippen molar-refractivity contribution in [2.75, 3.05) is 49.8 Å². The summed E-state index contributed by atoms with van der Waals surface area (Å²) in [6.07, 6.45) is -5.10. The normalized spacial score (nSPS) is 22.2. The summed E-state index contributed by atoms with van der Waals surface area (Å²) >= 11 is 2.45. The first-order chi connectivity index (χ1) is 24.6. The molecule has 3 heterocycles. The van der Waals surface area contributed by atoms with Gasteiger partial charge < -0.3 is 50.9 Å². The second-order valence-corrected chi connectivity index (χ2v) is 18.0. The molecule has 10 N–H and O–H groups in total. The average molecular weight is 856 g/mol. The predicted octanol–water partition coefficient (Wildman–Crippen LogP) is -0.972. The molecule has 2 unspecified atom stereocenters. The first-order valence-electron chi connectivity index (χ1n) is 15.1. The number of aliphatic hydroxyl groups is 2. The Morgan fingerprint density at radius 3 is 2.42 bits per heavy atom. The monoisotopic (exact) mass is 855 g/mol. The Morgan fingerprint density at radius 2 is 1.75 bits per heavy atom. The number of hydrogen-bond donors (Lipinski definition) is 9. The summed E-state index contributed by atoms with van der Waals surface area (Å²) in [5, 5.41) is 26.2. The number of nitrogens with two attached hydrogens (primary N) is 1. The Kier molecular flexibility index (Phi) is 16.4. The van der Waals surface area contributed by atoms with E-state index < -0.39 is 84.6 Å². The van der Waals surface area contributed by atoms with Crippen molar-refractivity contribution in [2.24, 2.45) is 5.41 Å². The molecule has 7 atom stereocenters. The molecule has 0 aliphatic carbocycles. The highest BCUT2D eigenvalue weighted by Crippen LogP contribution is 2.61. The minimum atomic E-state index is -5.56. The van der Waals surface area contributed by atoms with Crippen molar-refractivity contribution < 1.29 is 80.5 Å². The quantitative estimate of drug-likeness (QED) is 0.0538. The molecule has 29 heteroatoms. The molecule has 300 valence electrons. The van der Waals surface area contributed by atoms with E-state index in [0.717, 1.165) is 29.0 Å². The highest BCUT2D eigenvalue weighted by molar-refractivity contribution is 8.15. The van der Waals surface area contributed by atoms with Crippen molar-refractivity contribution in [3.8, 4) is 0 Å². The van der Waals surface area contributed by atoms with Crippen LogP contribution in [0, 0.1) is 5.41 Å². The van der Waals surface area contributed by atoms with Gasteiger partial charge in [-0.05, 0) is 6.26 Å². The van der Waals surface area contributed by atoms with Gasteiger partial charge >= 0.3 is 23.5 Å². The van der Waals surface area contributed by atoms with Crippen LogP contribution in [0.25, 0.3) is 11.2 Å². The fourth-order valence-corrected chi connectivity index (χ4v) is 8.64. The number of aliphatic hydroxyl groups excluding tert-OH is 2. The van der Waals surface area contributed by atoms with E-state index in [1.807, 2.05) is 0 Å². The number of nitrogens with one attached hydrogen (secondary N) is 2. The number of thioether (sulfide) groups is 2. The predicted molar refractivity (Wildman–Crippen MR) is 185 cm³/mol. The summed E-state index contributed by atoms with van der Waals surface area (Å²) in [6.45, 7) is 0.522. The number of phosphoric ester groups is 3. The van der Waals surface area contributed by atoms with E-state index in [1.165, 1.54) is 25.6 Å². The van der Waals surface area contributed by atoms with Crippen molar-refractivity contribution >= 4 is 80.9 Å². The Morgan fingerprint density at radius 1 is 1.08 bits per heavy atom. The van der Waals surface area contributed by atoms with Crippen LogP contribution in [0.3, 0.4) is 0 Å².